The molecule has 0 atom stereocenters. The minimum absolute atomic E-state index is 0.231. The fourth-order valence-electron chi connectivity index (χ4n) is 2.23. The third-order valence-corrected chi connectivity index (χ3v) is 4.35. The van der Waals surface area contributed by atoms with E-state index in [1.165, 1.54) is 11.3 Å². The number of hydrogen-bond donors (Lipinski definition) is 1. The second kappa shape index (κ2) is 5.82. The smallest absolute Gasteiger partial charge is 0.277 e. The van der Waals surface area contributed by atoms with Gasteiger partial charge in [-0.1, -0.05) is 17.4 Å². The fourth-order valence-corrected chi connectivity index (χ4v) is 3.18. The number of benzene rings is 1. The highest BCUT2D eigenvalue weighted by Gasteiger charge is 2.12. The third-order valence-electron chi connectivity index (χ3n) is 3.42. The number of fused-ring (bicyclic) bond motifs is 1. The number of thiazole rings is 1. The second-order valence-electron chi connectivity index (χ2n) is 5.19. The highest BCUT2D eigenvalue weighted by molar-refractivity contribution is 7.22. The molecule has 7 nitrogen and oxygen atoms in total. The average molecular weight is 336 g/mol. The topological polar surface area (TPSA) is 85.6 Å². The summed E-state index contributed by atoms with van der Waals surface area (Å²) in [6.07, 6.45) is 5.02. The van der Waals surface area contributed by atoms with Gasteiger partial charge in [0, 0.05) is 12.4 Å². The van der Waals surface area contributed by atoms with E-state index in [2.05, 4.69) is 25.5 Å². The third kappa shape index (κ3) is 2.74. The van der Waals surface area contributed by atoms with E-state index in [0.29, 0.717) is 10.9 Å². The van der Waals surface area contributed by atoms with Crippen LogP contribution in [-0.2, 0) is 0 Å². The molecule has 0 spiro atoms. The lowest BCUT2D eigenvalue weighted by atomic mass is 10.2. The number of nitrogens with zero attached hydrogens (tertiary/aromatic N) is 5. The van der Waals surface area contributed by atoms with Gasteiger partial charge in [-0.3, -0.25) is 14.7 Å². The summed E-state index contributed by atoms with van der Waals surface area (Å²) in [7, 11) is 0. The Kier molecular flexibility index (Phi) is 3.51. The number of carbonyl (C=O) groups is 1. The lowest BCUT2D eigenvalue weighted by Crippen LogP contribution is -2.14. The molecule has 3 aromatic heterocycles. The van der Waals surface area contributed by atoms with Crippen molar-refractivity contribution in [2.75, 3.05) is 5.32 Å². The molecule has 0 radical (unpaired) electrons. The summed E-state index contributed by atoms with van der Waals surface area (Å²) in [5.74, 6) is 0.259. The molecular formula is C16H12N6OS. The van der Waals surface area contributed by atoms with Crippen LogP contribution in [-0.4, -0.2) is 30.6 Å². The molecule has 4 aromatic rings. The predicted molar refractivity (Wildman–Crippen MR) is 91.5 cm³/mol. The van der Waals surface area contributed by atoms with E-state index < -0.39 is 0 Å². The van der Waals surface area contributed by atoms with Crippen molar-refractivity contribution in [1.82, 2.24) is 24.7 Å². The van der Waals surface area contributed by atoms with Crippen LogP contribution in [0, 0.1) is 6.92 Å². The number of hydrogen-bond acceptors (Lipinski definition) is 6. The molecule has 0 bridgehead atoms. The minimum Gasteiger partial charge on any atom is -0.296 e. The van der Waals surface area contributed by atoms with Crippen LogP contribution in [0.5, 0.6) is 0 Å². The van der Waals surface area contributed by atoms with Gasteiger partial charge in [-0.05, 0) is 36.8 Å². The van der Waals surface area contributed by atoms with Crippen LogP contribution in [0.15, 0.2) is 49.1 Å². The molecule has 8 heteroatoms. The summed E-state index contributed by atoms with van der Waals surface area (Å²) in [5, 5.41) is 11.3. The molecule has 1 N–H and O–H groups in total. The van der Waals surface area contributed by atoms with Crippen molar-refractivity contribution < 1.29 is 4.79 Å². The number of amides is 1. The first-order chi connectivity index (χ1) is 11.7. The molecule has 0 aliphatic carbocycles. The Morgan fingerprint density at radius 3 is 2.88 bits per heavy atom. The van der Waals surface area contributed by atoms with Gasteiger partial charge in [0.25, 0.3) is 5.91 Å². The van der Waals surface area contributed by atoms with Crippen LogP contribution < -0.4 is 5.32 Å². The summed E-state index contributed by atoms with van der Waals surface area (Å²) >= 11 is 1.43. The average Bonchev–Trinajstić information content (AvgIpc) is 3.23. The number of carbonyl (C=O) groups excluding carboxylic acids is 1. The highest BCUT2D eigenvalue weighted by Crippen LogP contribution is 2.26. The van der Waals surface area contributed by atoms with Gasteiger partial charge in [0.15, 0.2) is 16.6 Å². The zero-order valence-electron chi connectivity index (χ0n) is 12.7. The first kappa shape index (κ1) is 14.5. The van der Waals surface area contributed by atoms with E-state index in [9.17, 15) is 4.79 Å². The van der Waals surface area contributed by atoms with Crippen molar-refractivity contribution in [3.8, 4) is 5.82 Å². The zero-order valence-corrected chi connectivity index (χ0v) is 13.5. The molecule has 1 amide bonds. The Morgan fingerprint density at radius 1 is 1.21 bits per heavy atom. The molecule has 3 heterocycles. The molecule has 1 aromatic carbocycles. The van der Waals surface area contributed by atoms with E-state index in [1.54, 1.807) is 35.4 Å². The van der Waals surface area contributed by atoms with Crippen LogP contribution in [0.1, 0.15) is 16.1 Å². The summed E-state index contributed by atoms with van der Waals surface area (Å²) < 4.78 is 2.75. The normalized spacial score (nSPS) is 10.9. The van der Waals surface area contributed by atoms with Gasteiger partial charge >= 0.3 is 0 Å². The number of aryl methyl sites for hydroxylation is 1. The second-order valence-corrected chi connectivity index (χ2v) is 6.22. The monoisotopic (exact) mass is 336 g/mol. The van der Waals surface area contributed by atoms with Gasteiger partial charge in [-0.25, -0.2) is 9.97 Å². The molecule has 4 rings (SSSR count). The number of imidazole rings is 1. The molecule has 0 aliphatic rings. The van der Waals surface area contributed by atoms with E-state index in [0.717, 1.165) is 15.8 Å². The molecule has 118 valence electrons. The van der Waals surface area contributed by atoms with Crippen LogP contribution in [0.3, 0.4) is 0 Å². The van der Waals surface area contributed by atoms with Crippen LogP contribution in [0.4, 0.5) is 5.13 Å². The standard InChI is InChI=1S/C16H12N6OS/c1-10-2-3-11-13(8-10)24-16(18-11)19-15(23)12-4-5-14(21-20-12)22-7-6-17-9-22/h2-9H,1H3,(H,18,19,23). The predicted octanol–water partition coefficient (Wildman–Crippen LogP) is 2.83. The number of aromatic nitrogens is 5. The molecule has 0 saturated carbocycles. The SMILES string of the molecule is Cc1ccc2nc(NC(=O)c3ccc(-n4ccnc4)nn3)sc2c1. The van der Waals surface area contributed by atoms with Crippen molar-refractivity contribution in [3.05, 3.63) is 60.3 Å². The van der Waals surface area contributed by atoms with Gasteiger partial charge in [-0.15, -0.1) is 10.2 Å². The Labute approximate surface area is 141 Å². The van der Waals surface area contributed by atoms with Gasteiger partial charge < -0.3 is 0 Å². The van der Waals surface area contributed by atoms with Gasteiger partial charge in [0.1, 0.15) is 6.33 Å². The van der Waals surface area contributed by atoms with E-state index >= 15 is 0 Å². The van der Waals surface area contributed by atoms with Crippen molar-refractivity contribution in [1.29, 1.82) is 0 Å². The van der Waals surface area contributed by atoms with Crippen molar-refractivity contribution in [3.63, 3.8) is 0 Å². The maximum absolute atomic E-state index is 12.3. The lowest BCUT2D eigenvalue weighted by molar-refractivity contribution is 0.102. The quantitative estimate of drug-likeness (QED) is 0.622. The first-order valence-electron chi connectivity index (χ1n) is 7.20. The molecule has 0 unspecified atom stereocenters. The number of anilines is 1. The summed E-state index contributed by atoms with van der Waals surface area (Å²) in [6, 6.07) is 9.31. The van der Waals surface area contributed by atoms with Gasteiger partial charge in [0.2, 0.25) is 0 Å². The Morgan fingerprint density at radius 2 is 2.12 bits per heavy atom. The van der Waals surface area contributed by atoms with E-state index in [1.807, 2.05) is 25.1 Å². The maximum Gasteiger partial charge on any atom is 0.277 e. The summed E-state index contributed by atoms with van der Waals surface area (Å²) in [6.45, 7) is 2.02. The maximum atomic E-state index is 12.3. The van der Waals surface area contributed by atoms with Gasteiger partial charge in [0.05, 0.1) is 10.2 Å². The van der Waals surface area contributed by atoms with Crippen molar-refractivity contribution in [2.24, 2.45) is 0 Å². The zero-order chi connectivity index (χ0) is 16.5. The molecule has 0 fully saturated rings. The molecule has 24 heavy (non-hydrogen) atoms. The lowest BCUT2D eigenvalue weighted by Gasteiger charge is -2.02. The van der Waals surface area contributed by atoms with Crippen molar-refractivity contribution in [2.45, 2.75) is 6.92 Å². The fraction of sp³-hybridized carbons (Fsp3) is 0.0625. The van der Waals surface area contributed by atoms with Crippen molar-refractivity contribution >= 4 is 32.6 Å². The summed E-state index contributed by atoms with van der Waals surface area (Å²) in [5.41, 5.74) is 2.25. The Hall–Kier alpha value is -3.13. The van der Waals surface area contributed by atoms with Crippen LogP contribution in [0.25, 0.3) is 16.0 Å². The number of nitrogens with one attached hydrogen (secondary N) is 1. The first-order valence-corrected chi connectivity index (χ1v) is 8.01. The Bertz CT molecular complexity index is 1010. The largest absolute Gasteiger partial charge is 0.296 e. The van der Waals surface area contributed by atoms with E-state index in [-0.39, 0.29) is 11.6 Å². The molecule has 0 saturated heterocycles. The molecular weight excluding hydrogens is 324 g/mol. The minimum atomic E-state index is -0.338. The number of rotatable bonds is 3. The van der Waals surface area contributed by atoms with E-state index in [4.69, 9.17) is 0 Å². The summed E-state index contributed by atoms with van der Waals surface area (Å²) in [4.78, 5) is 20.6. The highest BCUT2D eigenvalue weighted by atomic mass is 32.1. The van der Waals surface area contributed by atoms with Crippen LogP contribution >= 0.6 is 11.3 Å². The van der Waals surface area contributed by atoms with Gasteiger partial charge in [-0.2, -0.15) is 0 Å². The van der Waals surface area contributed by atoms with Crippen LogP contribution in [0.2, 0.25) is 0 Å². The molecule has 0 aliphatic heterocycles. The Balaban J connectivity index is 1.54.